The second kappa shape index (κ2) is 41.2. The normalized spacial score (nSPS) is 25.7. The first kappa shape index (κ1) is 84.7. The number of unbranched alkanes of at least 4 members (excludes halogenated alkanes) is 40. The summed E-state index contributed by atoms with van der Waals surface area (Å²) in [6.45, 7) is 16.1. The van der Waals surface area contributed by atoms with Crippen molar-refractivity contribution in [2.75, 3.05) is 13.2 Å². The molecular formula is C91H142O12P2. The minimum atomic E-state index is -2.28. The second-order valence-corrected chi connectivity index (χ2v) is 35.7. The highest BCUT2D eigenvalue weighted by molar-refractivity contribution is 7.43. The highest BCUT2D eigenvalue weighted by atomic mass is 31.2. The highest BCUT2D eigenvalue weighted by Crippen LogP contribution is 2.93. The molecule has 8 heterocycles. The fraction of sp³-hybridized carbons (Fsp3) is 0.736. The molecule has 5 bridgehead atoms. The van der Waals surface area contributed by atoms with Crippen LogP contribution in [0.4, 0.5) is 0 Å². The zero-order chi connectivity index (χ0) is 74.0. The van der Waals surface area contributed by atoms with E-state index in [0.717, 1.165) is 70.6 Å². The zero-order valence-corrected chi connectivity index (χ0v) is 68.8. The summed E-state index contributed by atoms with van der Waals surface area (Å²) < 4.78 is 76.0. The maximum atomic E-state index is 12.4. The Labute approximate surface area is 639 Å². The first-order valence-corrected chi connectivity index (χ1v) is 45.5. The molecule has 4 unspecified atom stereocenters. The van der Waals surface area contributed by atoms with Crippen LogP contribution in [0.5, 0.6) is 0 Å². The molecule has 0 aliphatic carbocycles. The summed E-state index contributed by atoms with van der Waals surface area (Å²) in [5.41, 5.74) is 0.858. The van der Waals surface area contributed by atoms with Gasteiger partial charge in [-0.15, -0.1) is 0 Å². The largest absolute Gasteiger partial charge is 0.396 e. The molecule has 4 atom stereocenters. The molecule has 8 aliphatic heterocycles. The predicted octanol–water partition coefficient (Wildman–Crippen LogP) is 26.7. The Hall–Kier alpha value is -2.74. The Morgan fingerprint density at radius 2 is 0.533 bits per heavy atom. The molecule has 12 rings (SSSR count). The summed E-state index contributed by atoms with van der Waals surface area (Å²) in [5, 5.41) is 23.9. The molecule has 8 saturated heterocycles. The summed E-state index contributed by atoms with van der Waals surface area (Å²) in [5.74, 6) is -10.5. The van der Waals surface area contributed by atoms with Crippen LogP contribution >= 0.6 is 17.2 Å². The Kier molecular flexibility index (Phi) is 33.2. The van der Waals surface area contributed by atoms with Crippen LogP contribution in [0.3, 0.4) is 0 Å². The first-order valence-electron chi connectivity index (χ1n) is 43.3. The standard InChI is InChI=1S/C91H142O12P2/c1-9-13-17-21-25-29-33-37-41-45-49-53-75-57-65-79(66-58-75)85(80-67-59-76(60-68-80)54-50-46-42-38-34-30-26-22-18-14-10-2)88-87(82-71-63-78(64-72-82)56-52-48-44-40-36-32-28-24-20-16-12-4,98-104-100-90(88,101-104)96-89(84(7,8)74-93)97-91(88)102-105(99-89)103-91)95-86(94-85,83(5,6)73-92)81-69-61-77(62-70-81)55-51-47-43-39-35-31-27-23-19-15-11-3/h57-72,92-93H,9-56,73-74H2,1-8H3. The van der Waals surface area contributed by atoms with E-state index in [-0.39, 0.29) is 6.61 Å². The molecule has 4 aromatic rings. The molecule has 0 radical (unpaired) electrons. The van der Waals surface area contributed by atoms with Crippen molar-refractivity contribution in [1.29, 1.82) is 0 Å². The van der Waals surface area contributed by atoms with E-state index in [0.29, 0.717) is 22.3 Å². The molecule has 8 aliphatic rings. The van der Waals surface area contributed by atoms with Gasteiger partial charge in [-0.05, 0) is 98.6 Å². The molecule has 105 heavy (non-hydrogen) atoms. The van der Waals surface area contributed by atoms with Gasteiger partial charge in [-0.2, -0.15) is 0 Å². The number of hydrogen-bond acceptors (Lipinski definition) is 12. The van der Waals surface area contributed by atoms with Gasteiger partial charge < -0.3 is 19.7 Å². The van der Waals surface area contributed by atoms with E-state index in [4.69, 9.17) is 46.1 Å². The minimum Gasteiger partial charge on any atom is -0.396 e. The third-order valence-corrected chi connectivity index (χ3v) is 26.8. The third kappa shape index (κ3) is 19.3. The number of rotatable bonds is 56. The average Bonchev–Trinajstić information content (AvgIpc) is 0.603. The molecule has 8 fully saturated rings. The van der Waals surface area contributed by atoms with Crippen molar-refractivity contribution in [2.24, 2.45) is 16.2 Å². The van der Waals surface area contributed by atoms with E-state index >= 15 is 0 Å². The number of aryl methyl sites for hydroxylation is 4. The van der Waals surface area contributed by atoms with Crippen molar-refractivity contribution >= 4 is 17.2 Å². The Balaban J connectivity index is 1.07. The lowest BCUT2D eigenvalue weighted by molar-refractivity contribution is -0.736. The Morgan fingerprint density at radius 3 is 0.819 bits per heavy atom. The Bertz CT molecular complexity index is 3010. The van der Waals surface area contributed by atoms with Crippen LogP contribution in [-0.4, -0.2) is 41.3 Å². The van der Waals surface area contributed by atoms with Crippen LogP contribution < -0.4 is 0 Å². The molecule has 0 amide bonds. The third-order valence-electron chi connectivity index (χ3n) is 24.4. The smallest absolute Gasteiger partial charge is 0.346 e. The van der Waals surface area contributed by atoms with Crippen molar-refractivity contribution in [3.05, 3.63) is 142 Å². The van der Waals surface area contributed by atoms with E-state index in [2.05, 4.69) is 125 Å². The molecule has 0 saturated carbocycles. The van der Waals surface area contributed by atoms with Gasteiger partial charge >= 0.3 is 35.1 Å². The van der Waals surface area contributed by atoms with Gasteiger partial charge in [0.2, 0.25) is 17.0 Å². The summed E-state index contributed by atoms with van der Waals surface area (Å²) >= 11 is 0. The Morgan fingerprint density at radius 1 is 0.276 bits per heavy atom. The van der Waals surface area contributed by atoms with Crippen molar-refractivity contribution in [2.45, 2.75) is 399 Å². The first-order chi connectivity index (χ1) is 51.2. The molecule has 2 N–H and O–H groups in total. The summed E-state index contributed by atoms with van der Waals surface area (Å²) in [4.78, 5) is 0. The fourth-order valence-corrected chi connectivity index (χ4v) is 20.2. The summed E-state index contributed by atoms with van der Waals surface area (Å²) in [7, 11) is -4.49. The number of benzene rings is 4. The molecule has 3 spiro atoms. The van der Waals surface area contributed by atoms with E-state index < -0.39 is 75.2 Å². The second-order valence-electron chi connectivity index (χ2n) is 33.7. The maximum absolute atomic E-state index is 12.4. The minimum absolute atomic E-state index is 0.356. The van der Waals surface area contributed by atoms with Gasteiger partial charge in [-0.3, -0.25) is 36.6 Å². The molecule has 14 heteroatoms. The highest BCUT2D eigenvalue weighted by Gasteiger charge is 3.04. The van der Waals surface area contributed by atoms with Gasteiger partial charge in [0.05, 0.1) is 18.6 Å². The van der Waals surface area contributed by atoms with Gasteiger partial charge in [0.25, 0.3) is 0 Å². The van der Waals surface area contributed by atoms with Crippen LogP contribution in [0.25, 0.3) is 0 Å². The molecule has 4 aromatic carbocycles. The lowest BCUT2D eigenvalue weighted by Crippen LogP contribution is -2.95. The van der Waals surface area contributed by atoms with Gasteiger partial charge in [-0.25, -0.2) is 0 Å². The lowest BCUT2D eigenvalue weighted by atomic mass is 9.53. The van der Waals surface area contributed by atoms with Gasteiger partial charge in [0.1, 0.15) is 5.60 Å². The monoisotopic (exact) mass is 1490 g/mol. The topological polar surface area (TPSA) is 133 Å². The fourth-order valence-electron chi connectivity index (χ4n) is 17.5. The average molecular weight is 1490 g/mol. The van der Waals surface area contributed by atoms with Gasteiger partial charge in [0, 0.05) is 16.5 Å². The lowest BCUT2D eigenvalue weighted by Gasteiger charge is -2.82. The van der Waals surface area contributed by atoms with E-state index in [9.17, 15) is 10.2 Å². The van der Waals surface area contributed by atoms with E-state index in [1.807, 2.05) is 27.7 Å². The van der Waals surface area contributed by atoms with E-state index in [1.165, 1.54) is 260 Å². The molecule has 588 valence electrons. The van der Waals surface area contributed by atoms with Crippen LogP contribution in [0.1, 0.15) is 382 Å². The van der Waals surface area contributed by atoms with Crippen molar-refractivity contribution in [3.63, 3.8) is 0 Å². The molecular weight excluding hydrogens is 1350 g/mol. The molecule has 0 aromatic heterocycles. The quantitative estimate of drug-likeness (QED) is 0.0322. The predicted molar refractivity (Wildman–Crippen MR) is 428 cm³/mol. The molecule has 12 nitrogen and oxygen atoms in total. The van der Waals surface area contributed by atoms with Gasteiger partial charge in [-0.1, -0.05) is 395 Å². The number of aliphatic hydroxyl groups is 2. The van der Waals surface area contributed by atoms with Crippen molar-refractivity contribution in [3.8, 4) is 0 Å². The van der Waals surface area contributed by atoms with Crippen LogP contribution in [0.15, 0.2) is 97.1 Å². The number of hydrogen-bond donors (Lipinski definition) is 2. The SMILES string of the molecule is CCCCCCCCCCCCCc1ccc(C2(C(C)(C)CO)OC3(c4ccc(CCCCCCCCCCCCC)cc4)OP4OC5(O4)OC4(C(C)(C)CO)OP6OC(O6)(O4)C53C(c3ccc(CCCCCCCCCCCCC)cc3)(c3ccc(CCCCCCCCCCCCC)cc3)O2)cc1. The number of ether oxygens (including phenoxy) is 4. The van der Waals surface area contributed by atoms with Crippen molar-refractivity contribution < 1.29 is 56.3 Å². The maximum Gasteiger partial charge on any atom is 0.346 e. The van der Waals surface area contributed by atoms with E-state index in [1.54, 1.807) is 0 Å². The summed E-state index contributed by atoms with van der Waals surface area (Å²) in [6.07, 6.45) is 59.8. The van der Waals surface area contributed by atoms with Crippen LogP contribution in [-0.2, 0) is 88.9 Å². The van der Waals surface area contributed by atoms with Gasteiger partial charge in [0.15, 0.2) is 0 Å². The zero-order valence-electron chi connectivity index (χ0n) is 67.0. The van der Waals surface area contributed by atoms with Crippen molar-refractivity contribution in [1.82, 2.24) is 0 Å². The van der Waals surface area contributed by atoms with Crippen LogP contribution in [0, 0.1) is 16.2 Å². The summed E-state index contributed by atoms with van der Waals surface area (Å²) in [6, 6.07) is 35.1. The number of aliphatic hydroxyl groups excluding tert-OH is 2. The van der Waals surface area contributed by atoms with Crippen LogP contribution in [0.2, 0.25) is 0 Å².